The first kappa shape index (κ1) is 20.4. The maximum absolute atomic E-state index is 12.9. The van der Waals surface area contributed by atoms with Crippen molar-refractivity contribution in [1.82, 2.24) is 0 Å². The fourth-order valence-electron chi connectivity index (χ4n) is 7.37. The van der Waals surface area contributed by atoms with Gasteiger partial charge in [0.1, 0.15) is 0 Å². The highest BCUT2D eigenvalue weighted by molar-refractivity contribution is 9.10. The van der Waals surface area contributed by atoms with E-state index in [1.807, 2.05) is 0 Å². The van der Waals surface area contributed by atoms with Gasteiger partial charge < -0.3 is 10.2 Å². The number of halogens is 1. The largest absolute Gasteiger partial charge is 0.395 e. The Morgan fingerprint density at radius 1 is 1.22 bits per heavy atom. The summed E-state index contributed by atoms with van der Waals surface area (Å²) < 4.78 is 0. The minimum atomic E-state index is -0.652. The second-order valence-electron chi connectivity index (χ2n) is 9.72. The molecule has 0 aliphatic heterocycles. The number of fused-ring (bicyclic) bond motifs is 5. The molecule has 0 heterocycles. The predicted octanol–water partition coefficient (Wildman–Crippen LogP) is 3.56. The molecule has 4 nitrogen and oxygen atoms in total. The van der Waals surface area contributed by atoms with Gasteiger partial charge in [0.25, 0.3) is 0 Å². The van der Waals surface area contributed by atoms with Crippen molar-refractivity contribution in [2.24, 2.45) is 34.5 Å². The van der Waals surface area contributed by atoms with Gasteiger partial charge in [-0.3, -0.25) is 9.59 Å². The smallest absolute Gasteiger partial charge is 0.186 e. The molecule has 4 aliphatic rings. The second kappa shape index (κ2) is 7.10. The molecule has 0 amide bonds. The van der Waals surface area contributed by atoms with Crippen LogP contribution in [0.25, 0.3) is 0 Å². The molecule has 6 heteroatoms. The van der Waals surface area contributed by atoms with Gasteiger partial charge in [-0.2, -0.15) is 0 Å². The molecule has 0 saturated heterocycles. The van der Waals surface area contributed by atoms with Crippen LogP contribution >= 0.6 is 27.7 Å². The van der Waals surface area contributed by atoms with E-state index in [1.165, 1.54) is 11.8 Å². The van der Waals surface area contributed by atoms with Crippen LogP contribution < -0.4 is 0 Å². The van der Waals surface area contributed by atoms with E-state index in [9.17, 15) is 19.8 Å². The molecule has 0 aromatic heterocycles. The van der Waals surface area contributed by atoms with Gasteiger partial charge in [0.2, 0.25) is 0 Å². The summed E-state index contributed by atoms with van der Waals surface area (Å²) in [6.07, 6.45) is 5.94. The summed E-state index contributed by atoms with van der Waals surface area (Å²) in [4.78, 5) is 24.2. The fourth-order valence-corrected chi connectivity index (χ4v) is 9.27. The van der Waals surface area contributed by atoms with Crippen molar-refractivity contribution in [3.8, 4) is 0 Å². The molecule has 4 unspecified atom stereocenters. The number of hydrogen-bond donors (Lipinski definition) is 2. The van der Waals surface area contributed by atoms with Crippen LogP contribution in [0, 0.1) is 34.5 Å². The van der Waals surface area contributed by atoms with Crippen molar-refractivity contribution in [3.05, 3.63) is 0 Å². The lowest BCUT2D eigenvalue weighted by atomic mass is 9.44. The first-order chi connectivity index (χ1) is 12.7. The van der Waals surface area contributed by atoms with Crippen LogP contribution in [0.3, 0.4) is 0 Å². The molecule has 0 aromatic rings. The van der Waals surface area contributed by atoms with Crippen molar-refractivity contribution >= 4 is 38.6 Å². The summed E-state index contributed by atoms with van der Waals surface area (Å²) in [6.45, 7) is 3.95. The number of hydrogen-bond acceptors (Lipinski definition) is 5. The molecule has 4 aliphatic carbocycles. The minimum Gasteiger partial charge on any atom is -0.395 e. The van der Waals surface area contributed by atoms with Crippen molar-refractivity contribution in [2.75, 3.05) is 6.61 Å². The summed E-state index contributed by atoms with van der Waals surface area (Å²) in [5.41, 5.74) is -0.478. The summed E-state index contributed by atoms with van der Waals surface area (Å²) in [5, 5.41) is 21.9. The van der Waals surface area contributed by atoms with E-state index in [1.54, 1.807) is 6.92 Å². The van der Waals surface area contributed by atoms with E-state index in [2.05, 4.69) is 22.9 Å². The van der Waals surface area contributed by atoms with Crippen LogP contribution in [-0.4, -0.2) is 43.9 Å². The highest BCUT2D eigenvalue weighted by Crippen LogP contribution is 2.66. The summed E-state index contributed by atoms with van der Waals surface area (Å²) in [5.74, 6) is 1.18. The molecular weight excluding hydrogens is 428 g/mol. The summed E-state index contributed by atoms with van der Waals surface area (Å²) in [7, 11) is 0. The number of carbonyl (C=O) groups excluding carboxylic acids is 2. The van der Waals surface area contributed by atoms with Crippen LogP contribution in [-0.2, 0) is 9.59 Å². The molecule has 0 bridgehead atoms. The zero-order valence-electron chi connectivity index (χ0n) is 16.2. The maximum Gasteiger partial charge on any atom is 0.186 e. The Kier molecular flexibility index (Phi) is 5.36. The first-order valence-corrected chi connectivity index (χ1v) is 12.2. The SMILES string of the molecule is CC(=O)S[C@H]1CC[C@@]2(C)C(C1)C[C@H](O)C1C3C[C@@H](Br)C(=O)[C@@]3(CO)CCC12. The average molecular weight is 459 g/mol. The van der Waals surface area contributed by atoms with E-state index in [0.717, 1.165) is 44.9 Å². The van der Waals surface area contributed by atoms with Crippen LogP contribution in [0.15, 0.2) is 0 Å². The standard InChI is InChI=1S/C21H31BrO4S/c1-11(24)27-13-3-5-20(2)12(7-13)8-17(25)18-14(20)4-6-21(10-23)15(18)9-16(22)19(21)26/h12-18,23,25H,3-10H2,1-2H3/t12?,13-,14?,15?,16+,17-,18?,20-,21+/m0/s1. The Labute approximate surface area is 174 Å². The number of aliphatic hydroxyl groups excluding tert-OH is 2. The van der Waals surface area contributed by atoms with Crippen LogP contribution in [0.4, 0.5) is 0 Å². The van der Waals surface area contributed by atoms with Gasteiger partial charge in [-0.05, 0) is 74.0 Å². The molecule has 4 rings (SSSR count). The normalized spacial score (nSPS) is 52.0. The van der Waals surface area contributed by atoms with Crippen molar-refractivity contribution < 1.29 is 19.8 Å². The number of rotatable bonds is 2. The van der Waals surface area contributed by atoms with Gasteiger partial charge in [0, 0.05) is 12.2 Å². The van der Waals surface area contributed by atoms with Crippen LogP contribution in [0.5, 0.6) is 0 Å². The second-order valence-corrected chi connectivity index (χ2v) is 12.3. The Morgan fingerprint density at radius 3 is 2.63 bits per heavy atom. The maximum atomic E-state index is 12.9. The number of alkyl halides is 1. The molecule has 0 aromatic carbocycles. The van der Waals surface area contributed by atoms with Gasteiger partial charge in [0.15, 0.2) is 10.9 Å². The average Bonchev–Trinajstić information content (AvgIpc) is 2.87. The highest BCUT2D eigenvalue weighted by atomic mass is 79.9. The number of aliphatic hydroxyl groups is 2. The van der Waals surface area contributed by atoms with Crippen LogP contribution in [0.1, 0.15) is 58.8 Å². The number of Topliss-reactive ketones (excluding diaryl/α,β-unsaturated/α-hetero) is 1. The van der Waals surface area contributed by atoms with Crippen molar-refractivity contribution in [1.29, 1.82) is 0 Å². The number of carbonyl (C=O) groups is 2. The lowest BCUT2D eigenvalue weighted by Gasteiger charge is -2.61. The lowest BCUT2D eigenvalue weighted by molar-refractivity contribution is -0.171. The van der Waals surface area contributed by atoms with E-state index < -0.39 is 11.5 Å². The van der Waals surface area contributed by atoms with Gasteiger partial charge in [0.05, 0.1) is 23.0 Å². The fraction of sp³-hybridized carbons (Fsp3) is 0.905. The molecule has 4 saturated carbocycles. The topological polar surface area (TPSA) is 74.6 Å². The summed E-state index contributed by atoms with van der Waals surface area (Å²) in [6, 6.07) is 0. The molecule has 4 fully saturated rings. The van der Waals surface area contributed by atoms with Gasteiger partial charge in [-0.25, -0.2) is 0 Å². The molecule has 2 N–H and O–H groups in total. The quantitative estimate of drug-likeness (QED) is 0.618. The van der Waals surface area contributed by atoms with E-state index in [4.69, 9.17) is 0 Å². The van der Waals surface area contributed by atoms with Crippen LogP contribution in [0.2, 0.25) is 0 Å². The molecular formula is C21H31BrO4S. The zero-order chi connectivity index (χ0) is 19.6. The van der Waals surface area contributed by atoms with Gasteiger partial charge in [-0.1, -0.05) is 34.6 Å². The predicted molar refractivity (Wildman–Crippen MR) is 110 cm³/mol. The molecule has 9 atom stereocenters. The molecule has 0 spiro atoms. The third-order valence-electron chi connectivity index (χ3n) is 8.69. The van der Waals surface area contributed by atoms with Crippen molar-refractivity contribution in [3.63, 3.8) is 0 Å². The third-order valence-corrected chi connectivity index (χ3v) is 10.6. The Hall–Kier alpha value is 0.0900. The Morgan fingerprint density at radius 2 is 1.96 bits per heavy atom. The third kappa shape index (κ3) is 3.00. The first-order valence-electron chi connectivity index (χ1n) is 10.4. The van der Waals surface area contributed by atoms with Gasteiger partial charge in [-0.15, -0.1) is 0 Å². The van der Waals surface area contributed by atoms with Gasteiger partial charge >= 0.3 is 0 Å². The molecule has 27 heavy (non-hydrogen) atoms. The van der Waals surface area contributed by atoms with E-state index >= 15 is 0 Å². The Balaban J connectivity index is 1.62. The number of ketones is 1. The monoisotopic (exact) mass is 458 g/mol. The van der Waals surface area contributed by atoms with Crippen molar-refractivity contribution in [2.45, 2.75) is 75.0 Å². The van der Waals surface area contributed by atoms with E-state index in [-0.39, 0.29) is 39.6 Å². The highest BCUT2D eigenvalue weighted by Gasteiger charge is 2.65. The number of thioether (sulfide) groups is 1. The van der Waals surface area contributed by atoms with E-state index in [0.29, 0.717) is 17.1 Å². The molecule has 152 valence electrons. The minimum absolute atomic E-state index is 0.0789. The molecule has 0 radical (unpaired) electrons. The summed E-state index contributed by atoms with van der Waals surface area (Å²) >= 11 is 5.02. The Bertz CT molecular complexity index is 642. The lowest BCUT2D eigenvalue weighted by Crippen LogP contribution is -2.59. The zero-order valence-corrected chi connectivity index (χ0v) is 18.6.